The molecule has 0 atom stereocenters. The molecule has 4 aromatic rings. The molecule has 8 nitrogen and oxygen atoms in total. The number of aromatic nitrogens is 3. The second kappa shape index (κ2) is 8.52. The summed E-state index contributed by atoms with van der Waals surface area (Å²) in [6.07, 6.45) is 1.77. The van der Waals surface area contributed by atoms with Crippen LogP contribution in [0.2, 0.25) is 0 Å². The molecular weight excluding hydrogens is 382 g/mol. The molecule has 0 spiro atoms. The third-order valence-electron chi connectivity index (χ3n) is 4.70. The van der Waals surface area contributed by atoms with Gasteiger partial charge in [-0.1, -0.05) is 42.5 Å². The maximum atomic E-state index is 12.4. The van der Waals surface area contributed by atoms with Crippen LogP contribution in [0.1, 0.15) is 17.0 Å². The van der Waals surface area contributed by atoms with Crippen molar-refractivity contribution in [3.63, 3.8) is 0 Å². The number of amides is 1. The van der Waals surface area contributed by atoms with E-state index in [1.807, 2.05) is 47.0 Å². The van der Waals surface area contributed by atoms with Crippen LogP contribution in [0.15, 0.2) is 72.9 Å². The molecular formula is C22H19N5O3. The number of nitrogens with one attached hydrogen (secondary N) is 1. The van der Waals surface area contributed by atoms with E-state index < -0.39 is 4.92 Å². The van der Waals surface area contributed by atoms with Crippen molar-refractivity contribution in [3.8, 4) is 0 Å². The molecule has 1 amide bonds. The second-order valence-electron chi connectivity index (χ2n) is 6.83. The molecule has 30 heavy (non-hydrogen) atoms. The highest BCUT2D eigenvalue weighted by Crippen LogP contribution is 2.17. The van der Waals surface area contributed by atoms with Gasteiger partial charge < -0.3 is 9.88 Å². The molecule has 2 aromatic carbocycles. The first-order chi connectivity index (χ1) is 14.6. The maximum absolute atomic E-state index is 12.4. The minimum Gasteiger partial charge on any atom is -0.349 e. The molecule has 2 heterocycles. The van der Waals surface area contributed by atoms with Crippen molar-refractivity contribution in [2.75, 3.05) is 0 Å². The van der Waals surface area contributed by atoms with Gasteiger partial charge in [0.15, 0.2) is 5.65 Å². The summed E-state index contributed by atoms with van der Waals surface area (Å²) in [6, 6.07) is 19.8. The van der Waals surface area contributed by atoms with E-state index in [2.05, 4.69) is 15.3 Å². The average molecular weight is 401 g/mol. The topological polar surface area (TPSA) is 103 Å². The summed E-state index contributed by atoms with van der Waals surface area (Å²) in [6.45, 7) is 0.821. The fraction of sp³-hybridized carbons (Fsp3) is 0.136. The van der Waals surface area contributed by atoms with E-state index in [0.29, 0.717) is 17.9 Å². The summed E-state index contributed by atoms with van der Waals surface area (Å²) in [5.74, 6) is 0.460. The fourth-order valence-corrected chi connectivity index (χ4v) is 3.28. The summed E-state index contributed by atoms with van der Waals surface area (Å²) in [7, 11) is 0. The normalized spacial score (nSPS) is 10.8. The molecule has 0 aliphatic carbocycles. The van der Waals surface area contributed by atoms with E-state index in [0.717, 1.165) is 16.7 Å². The number of rotatable bonds is 7. The number of hydrogen-bond donors (Lipinski definition) is 1. The molecule has 0 fully saturated rings. The van der Waals surface area contributed by atoms with E-state index in [1.165, 1.54) is 12.1 Å². The third-order valence-corrected chi connectivity index (χ3v) is 4.70. The monoisotopic (exact) mass is 401 g/mol. The highest BCUT2D eigenvalue weighted by molar-refractivity contribution is 5.79. The molecule has 150 valence electrons. The van der Waals surface area contributed by atoms with Gasteiger partial charge in [0, 0.05) is 18.3 Å². The van der Waals surface area contributed by atoms with Crippen LogP contribution in [-0.4, -0.2) is 25.4 Å². The van der Waals surface area contributed by atoms with Crippen molar-refractivity contribution < 1.29 is 9.72 Å². The fourth-order valence-electron chi connectivity index (χ4n) is 3.28. The molecule has 0 saturated heterocycles. The molecule has 0 aliphatic heterocycles. The average Bonchev–Trinajstić information content (AvgIpc) is 3.10. The lowest BCUT2D eigenvalue weighted by molar-refractivity contribution is -0.384. The van der Waals surface area contributed by atoms with E-state index >= 15 is 0 Å². The van der Waals surface area contributed by atoms with Crippen LogP contribution in [0.5, 0.6) is 0 Å². The van der Waals surface area contributed by atoms with Gasteiger partial charge in [-0.25, -0.2) is 9.97 Å². The Morgan fingerprint density at radius 3 is 2.63 bits per heavy atom. The lowest BCUT2D eigenvalue weighted by Gasteiger charge is -2.10. The Bertz CT molecular complexity index is 1200. The number of nitro benzene ring substituents is 1. The van der Waals surface area contributed by atoms with Gasteiger partial charge in [0.05, 0.1) is 24.4 Å². The zero-order valence-electron chi connectivity index (χ0n) is 16.1. The number of fused-ring (bicyclic) bond motifs is 1. The molecule has 0 bridgehead atoms. The predicted molar refractivity (Wildman–Crippen MR) is 112 cm³/mol. The van der Waals surface area contributed by atoms with Crippen molar-refractivity contribution in [2.24, 2.45) is 0 Å². The van der Waals surface area contributed by atoms with Gasteiger partial charge in [0.25, 0.3) is 5.69 Å². The van der Waals surface area contributed by atoms with Gasteiger partial charge in [-0.2, -0.15) is 0 Å². The first-order valence-electron chi connectivity index (χ1n) is 9.44. The lowest BCUT2D eigenvalue weighted by Crippen LogP contribution is -2.26. The zero-order chi connectivity index (χ0) is 20.9. The van der Waals surface area contributed by atoms with E-state index in [4.69, 9.17) is 0 Å². The van der Waals surface area contributed by atoms with Crippen LogP contribution in [0.3, 0.4) is 0 Å². The minimum absolute atomic E-state index is 0.0315. The number of carbonyl (C=O) groups is 1. The molecule has 0 saturated carbocycles. The predicted octanol–water partition coefficient (Wildman–Crippen LogP) is 3.25. The van der Waals surface area contributed by atoms with Gasteiger partial charge in [-0.05, 0) is 23.3 Å². The number of hydrogen-bond acceptors (Lipinski definition) is 5. The van der Waals surface area contributed by atoms with Gasteiger partial charge >= 0.3 is 0 Å². The van der Waals surface area contributed by atoms with Crippen LogP contribution >= 0.6 is 0 Å². The van der Waals surface area contributed by atoms with Crippen molar-refractivity contribution in [1.82, 2.24) is 19.9 Å². The summed E-state index contributed by atoms with van der Waals surface area (Å²) in [4.78, 5) is 31.9. The molecule has 4 rings (SSSR count). The van der Waals surface area contributed by atoms with Crippen LogP contribution < -0.4 is 5.32 Å². The Labute approximate surface area is 172 Å². The van der Waals surface area contributed by atoms with Crippen LogP contribution in [0.4, 0.5) is 5.69 Å². The molecule has 0 radical (unpaired) electrons. The van der Waals surface area contributed by atoms with Crippen LogP contribution in [-0.2, 0) is 24.3 Å². The van der Waals surface area contributed by atoms with Crippen LogP contribution in [0, 0.1) is 10.1 Å². The standard InChI is InChI=1S/C22H19N5O3/c28-21(13-17-8-4-9-18(12-17)27(29)30)24-14-20-25-19-10-5-11-23-22(19)26(20)15-16-6-2-1-3-7-16/h1-12H,13-15H2,(H,24,28). The van der Waals surface area contributed by atoms with Crippen molar-refractivity contribution in [2.45, 2.75) is 19.5 Å². The smallest absolute Gasteiger partial charge is 0.269 e. The summed E-state index contributed by atoms with van der Waals surface area (Å²) >= 11 is 0. The SMILES string of the molecule is O=C(Cc1cccc([N+](=O)[O-])c1)NCc1nc2cccnc2n1Cc1ccccc1. The van der Waals surface area contributed by atoms with Gasteiger partial charge in [-0.15, -0.1) is 0 Å². The molecule has 0 unspecified atom stereocenters. The summed E-state index contributed by atoms with van der Waals surface area (Å²) in [5.41, 5.74) is 3.17. The Balaban J connectivity index is 1.51. The second-order valence-corrected chi connectivity index (χ2v) is 6.83. The Morgan fingerprint density at radius 2 is 1.83 bits per heavy atom. The van der Waals surface area contributed by atoms with Gasteiger partial charge in [-0.3, -0.25) is 14.9 Å². The molecule has 2 aromatic heterocycles. The van der Waals surface area contributed by atoms with E-state index in [9.17, 15) is 14.9 Å². The minimum atomic E-state index is -0.472. The lowest BCUT2D eigenvalue weighted by atomic mass is 10.1. The zero-order valence-corrected chi connectivity index (χ0v) is 16.1. The number of nitro groups is 1. The quantitative estimate of drug-likeness (QED) is 0.378. The summed E-state index contributed by atoms with van der Waals surface area (Å²) < 4.78 is 1.98. The highest BCUT2D eigenvalue weighted by Gasteiger charge is 2.14. The molecule has 1 N–H and O–H groups in total. The van der Waals surface area contributed by atoms with Crippen molar-refractivity contribution in [1.29, 1.82) is 0 Å². The third kappa shape index (κ3) is 4.33. The first kappa shape index (κ1) is 19.3. The molecule has 0 aliphatic rings. The number of nitrogens with zero attached hydrogens (tertiary/aromatic N) is 4. The van der Waals surface area contributed by atoms with Gasteiger partial charge in [0.2, 0.25) is 5.91 Å². The van der Waals surface area contributed by atoms with Crippen molar-refractivity contribution in [3.05, 3.63) is 100.0 Å². The number of non-ortho nitro benzene ring substituents is 1. The number of pyridine rings is 1. The maximum Gasteiger partial charge on any atom is 0.269 e. The van der Waals surface area contributed by atoms with Gasteiger partial charge in [0.1, 0.15) is 11.3 Å². The Kier molecular flexibility index (Phi) is 5.47. The highest BCUT2D eigenvalue weighted by atomic mass is 16.6. The van der Waals surface area contributed by atoms with Crippen molar-refractivity contribution >= 4 is 22.8 Å². The number of carbonyl (C=O) groups excluding carboxylic acids is 1. The van der Waals surface area contributed by atoms with E-state index in [1.54, 1.807) is 18.3 Å². The largest absolute Gasteiger partial charge is 0.349 e. The number of imidazole rings is 1. The summed E-state index contributed by atoms with van der Waals surface area (Å²) in [5, 5.41) is 13.8. The Morgan fingerprint density at radius 1 is 1.03 bits per heavy atom. The Hall–Kier alpha value is -4.07. The number of benzene rings is 2. The van der Waals surface area contributed by atoms with E-state index in [-0.39, 0.29) is 24.6 Å². The first-order valence-corrected chi connectivity index (χ1v) is 9.44. The molecule has 8 heteroatoms. The van der Waals surface area contributed by atoms with Crippen LogP contribution in [0.25, 0.3) is 11.2 Å².